The summed E-state index contributed by atoms with van der Waals surface area (Å²) in [6.07, 6.45) is 0. The van der Waals surface area contributed by atoms with E-state index in [4.69, 9.17) is 11.0 Å². The van der Waals surface area contributed by atoms with Gasteiger partial charge in [-0.05, 0) is 12.1 Å². The van der Waals surface area contributed by atoms with Gasteiger partial charge in [0.05, 0.1) is 18.2 Å². The summed E-state index contributed by atoms with van der Waals surface area (Å²) < 4.78 is 17.7. The number of amides is 1. The minimum atomic E-state index is -0.792. The Bertz CT molecular complexity index is 424. The normalized spacial score (nSPS) is 9.21. The molecule has 1 amide bonds. The fourth-order valence-corrected chi connectivity index (χ4v) is 1.01. The van der Waals surface area contributed by atoms with E-state index in [1.807, 2.05) is 0 Å². The summed E-state index contributed by atoms with van der Waals surface area (Å²) >= 11 is 0. The number of benzene rings is 1. The minimum Gasteiger partial charge on any atom is -0.494 e. The van der Waals surface area contributed by atoms with Crippen molar-refractivity contribution in [3.8, 4) is 11.8 Å². The van der Waals surface area contributed by atoms with Gasteiger partial charge in [0, 0.05) is 0 Å². The molecular weight excluding hydrogens is 187 g/mol. The predicted molar refractivity (Wildman–Crippen MR) is 46.2 cm³/mol. The van der Waals surface area contributed by atoms with Crippen LogP contribution in [0.15, 0.2) is 12.1 Å². The van der Waals surface area contributed by atoms with Crippen LogP contribution >= 0.6 is 0 Å². The minimum absolute atomic E-state index is 0.0502. The van der Waals surface area contributed by atoms with Crippen LogP contribution in [-0.4, -0.2) is 13.0 Å². The SMILES string of the molecule is COc1cc(C(N)=O)c(C#N)cc1F. The largest absolute Gasteiger partial charge is 0.494 e. The highest BCUT2D eigenvalue weighted by atomic mass is 19.1. The molecule has 0 saturated heterocycles. The van der Waals surface area contributed by atoms with E-state index in [9.17, 15) is 9.18 Å². The Balaban J connectivity index is 3.42. The Morgan fingerprint density at radius 3 is 2.71 bits per heavy atom. The zero-order valence-corrected chi connectivity index (χ0v) is 7.37. The number of hydrogen-bond donors (Lipinski definition) is 1. The van der Waals surface area contributed by atoms with Gasteiger partial charge in [-0.15, -0.1) is 0 Å². The van der Waals surface area contributed by atoms with Crippen molar-refractivity contribution in [1.29, 1.82) is 5.26 Å². The van der Waals surface area contributed by atoms with Gasteiger partial charge < -0.3 is 10.5 Å². The second-order valence-electron chi connectivity index (χ2n) is 2.51. The summed E-state index contributed by atoms with van der Waals surface area (Å²) in [5, 5.41) is 8.59. The van der Waals surface area contributed by atoms with Gasteiger partial charge in [-0.1, -0.05) is 0 Å². The lowest BCUT2D eigenvalue weighted by Gasteiger charge is -2.04. The highest BCUT2D eigenvalue weighted by Gasteiger charge is 2.13. The van der Waals surface area contributed by atoms with E-state index in [0.717, 1.165) is 12.1 Å². The van der Waals surface area contributed by atoms with E-state index in [-0.39, 0.29) is 16.9 Å². The number of nitrogens with two attached hydrogens (primary N) is 1. The third-order valence-corrected chi connectivity index (χ3v) is 1.68. The number of halogens is 1. The van der Waals surface area contributed by atoms with Crippen molar-refractivity contribution in [1.82, 2.24) is 0 Å². The molecule has 14 heavy (non-hydrogen) atoms. The number of ether oxygens (including phenoxy) is 1. The molecule has 0 radical (unpaired) electrons. The third kappa shape index (κ3) is 1.64. The number of primary amides is 1. The van der Waals surface area contributed by atoms with Crippen molar-refractivity contribution in [3.05, 3.63) is 29.1 Å². The van der Waals surface area contributed by atoms with E-state index in [1.54, 1.807) is 6.07 Å². The van der Waals surface area contributed by atoms with Crippen LogP contribution in [0.3, 0.4) is 0 Å². The molecule has 0 spiro atoms. The van der Waals surface area contributed by atoms with Crippen LogP contribution in [0, 0.1) is 17.1 Å². The average molecular weight is 194 g/mol. The number of methoxy groups -OCH3 is 1. The molecule has 0 aliphatic rings. The van der Waals surface area contributed by atoms with Crippen molar-refractivity contribution >= 4 is 5.91 Å². The summed E-state index contributed by atoms with van der Waals surface area (Å²) in [6.45, 7) is 0. The van der Waals surface area contributed by atoms with Gasteiger partial charge in [-0.3, -0.25) is 4.79 Å². The zero-order valence-electron chi connectivity index (χ0n) is 7.37. The van der Waals surface area contributed by atoms with E-state index in [2.05, 4.69) is 4.74 Å². The first-order valence-electron chi connectivity index (χ1n) is 3.67. The Labute approximate surface area is 79.7 Å². The van der Waals surface area contributed by atoms with Gasteiger partial charge in [0.25, 0.3) is 0 Å². The summed E-state index contributed by atoms with van der Waals surface area (Å²) in [5.41, 5.74) is 4.84. The van der Waals surface area contributed by atoms with Crippen LogP contribution in [0.4, 0.5) is 4.39 Å². The molecule has 5 heteroatoms. The molecule has 0 unspecified atom stereocenters. The van der Waals surface area contributed by atoms with Crippen molar-refractivity contribution in [3.63, 3.8) is 0 Å². The number of rotatable bonds is 2. The number of carbonyl (C=O) groups excluding carboxylic acids is 1. The summed E-state index contributed by atoms with van der Waals surface area (Å²) in [4.78, 5) is 10.9. The lowest BCUT2D eigenvalue weighted by molar-refractivity contribution is 0.0999. The van der Waals surface area contributed by atoms with Gasteiger partial charge in [0.2, 0.25) is 5.91 Å². The van der Waals surface area contributed by atoms with E-state index >= 15 is 0 Å². The van der Waals surface area contributed by atoms with Gasteiger partial charge >= 0.3 is 0 Å². The predicted octanol–water partition coefficient (Wildman–Crippen LogP) is 0.805. The molecule has 72 valence electrons. The number of nitriles is 1. The monoisotopic (exact) mass is 194 g/mol. The molecule has 0 heterocycles. The molecule has 0 aromatic heterocycles. The molecule has 1 aromatic carbocycles. The Kier molecular flexibility index (Phi) is 2.67. The summed E-state index contributed by atoms with van der Waals surface area (Å²) in [7, 11) is 1.26. The topological polar surface area (TPSA) is 76.1 Å². The van der Waals surface area contributed by atoms with Crippen LogP contribution in [0.1, 0.15) is 15.9 Å². The van der Waals surface area contributed by atoms with Gasteiger partial charge in [-0.25, -0.2) is 4.39 Å². The summed E-state index contributed by atoms with van der Waals surface area (Å²) in [5.74, 6) is -1.60. The Hall–Kier alpha value is -2.09. The number of nitrogens with zero attached hydrogens (tertiary/aromatic N) is 1. The molecule has 0 aliphatic heterocycles. The van der Waals surface area contributed by atoms with Crippen molar-refractivity contribution < 1.29 is 13.9 Å². The molecule has 0 bridgehead atoms. The van der Waals surface area contributed by atoms with Crippen LogP contribution < -0.4 is 10.5 Å². The first-order chi connectivity index (χ1) is 6.60. The van der Waals surface area contributed by atoms with Crippen molar-refractivity contribution in [2.45, 2.75) is 0 Å². The maximum atomic E-state index is 13.1. The summed E-state index contributed by atoms with van der Waals surface area (Å²) in [6, 6.07) is 3.70. The van der Waals surface area contributed by atoms with Gasteiger partial charge in [0.15, 0.2) is 11.6 Å². The fraction of sp³-hybridized carbons (Fsp3) is 0.111. The number of hydrogen-bond acceptors (Lipinski definition) is 3. The third-order valence-electron chi connectivity index (χ3n) is 1.68. The molecule has 0 fully saturated rings. The van der Waals surface area contributed by atoms with Crippen LogP contribution in [0.25, 0.3) is 0 Å². The first kappa shape index (κ1) is 9.99. The van der Waals surface area contributed by atoms with Crippen LogP contribution in [-0.2, 0) is 0 Å². The maximum absolute atomic E-state index is 13.1. The van der Waals surface area contributed by atoms with Crippen LogP contribution in [0.5, 0.6) is 5.75 Å². The quantitative estimate of drug-likeness (QED) is 0.756. The highest BCUT2D eigenvalue weighted by molar-refractivity contribution is 5.95. The Morgan fingerprint density at radius 1 is 1.64 bits per heavy atom. The highest BCUT2D eigenvalue weighted by Crippen LogP contribution is 2.21. The molecule has 1 rings (SSSR count). The number of carbonyl (C=O) groups is 1. The van der Waals surface area contributed by atoms with E-state index in [0.29, 0.717) is 0 Å². The molecular formula is C9H7FN2O2. The zero-order chi connectivity index (χ0) is 10.7. The molecule has 2 N–H and O–H groups in total. The fourth-order valence-electron chi connectivity index (χ4n) is 1.01. The second-order valence-corrected chi connectivity index (χ2v) is 2.51. The lowest BCUT2D eigenvalue weighted by atomic mass is 10.1. The molecule has 1 aromatic rings. The molecule has 0 saturated carbocycles. The van der Waals surface area contributed by atoms with Crippen molar-refractivity contribution in [2.24, 2.45) is 5.73 Å². The second kappa shape index (κ2) is 3.75. The van der Waals surface area contributed by atoms with E-state index < -0.39 is 11.7 Å². The van der Waals surface area contributed by atoms with E-state index in [1.165, 1.54) is 7.11 Å². The Morgan fingerprint density at radius 2 is 2.29 bits per heavy atom. The maximum Gasteiger partial charge on any atom is 0.250 e. The van der Waals surface area contributed by atoms with Crippen molar-refractivity contribution in [2.75, 3.05) is 7.11 Å². The van der Waals surface area contributed by atoms with Crippen LogP contribution in [0.2, 0.25) is 0 Å². The molecule has 0 atom stereocenters. The van der Waals surface area contributed by atoms with Gasteiger partial charge in [-0.2, -0.15) is 5.26 Å². The smallest absolute Gasteiger partial charge is 0.250 e. The molecule has 4 nitrogen and oxygen atoms in total. The van der Waals surface area contributed by atoms with Gasteiger partial charge in [0.1, 0.15) is 6.07 Å². The lowest BCUT2D eigenvalue weighted by Crippen LogP contribution is -2.13. The average Bonchev–Trinajstić information content (AvgIpc) is 2.16. The first-order valence-corrected chi connectivity index (χ1v) is 3.67. The molecule has 0 aliphatic carbocycles. The standard InChI is InChI=1S/C9H7FN2O2/c1-14-8-3-6(9(12)13)5(4-11)2-7(8)10/h2-3H,1H3,(H2,12,13).